The highest BCUT2D eigenvalue weighted by molar-refractivity contribution is 5.43. The lowest BCUT2D eigenvalue weighted by molar-refractivity contribution is -0.143. The average molecular weight is 472 g/mol. The molecule has 0 saturated carbocycles. The first-order chi connectivity index (χ1) is 15.3. The van der Waals surface area contributed by atoms with Crippen LogP contribution in [0.15, 0.2) is 36.4 Å². The average Bonchev–Trinajstić information content (AvgIpc) is 3.09. The van der Waals surface area contributed by atoms with Crippen LogP contribution in [-0.4, -0.2) is 32.1 Å². The molecule has 2 aromatic carbocycles. The van der Waals surface area contributed by atoms with E-state index in [1.807, 2.05) is 19.0 Å². The Morgan fingerprint density at radius 1 is 1.03 bits per heavy atom. The van der Waals surface area contributed by atoms with Gasteiger partial charge in [0.15, 0.2) is 0 Å². The van der Waals surface area contributed by atoms with E-state index < -0.39 is 35.7 Å². The molecule has 1 heterocycles. The summed E-state index contributed by atoms with van der Waals surface area (Å²) in [6.07, 6.45) is -9.36. The summed E-state index contributed by atoms with van der Waals surface area (Å²) in [6, 6.07) is 8.56. The van der Waals surface area contributed by atoms with Gasteiger partial charge in [-0.25, -0.2) is 0 Å². The fourth-order valence-electron chi connectivity index (χ4n) is 3.76. The fourth-order valence-corrected chi connectivity index (χ4v) is 3.76. The lowest BCUT2D eigenvalue weighted by Crippen LogP contribution is -2.35. The Morgan fingerprint density at radius 2 is 1.67 bits per heavy atom. The Balaban J connectivity index is 1.84. The van der Waals surface area contributed by atoms with Gasteiger partial charge >= 0.3 is 12.4 Å². The summed E-state index contributed by atoms with van der Waals surface area (Å²) in [5, 5.41) is 9.12. The molecule has 1 atom stereocenters. The number of benzene rings is 2. The van der Waals surface area contributed by atoms with Gasteiger partial charge in [-0.2, -0.15) is 31.6 Å². The molecule has 0 spiro atoms. The molecule has 1 aliphatic rings. The highest BCUT2D eigenvalue weighted by atomic mass is 19.4. The van der Waals surface area contributed by atoms with E-state index in [2.05, 4.69) is 6.07 Å². The van der Waals surface area contributed by atoms with Crippen molar-refractivity contribution in [1.82, 2.24) is 4.90 Å². The molecule has 33 heavy (non-hydrogen) atoms. The molecule has 0 N–H and O–H groups in total. The lowest BCUT2D eigenvalue weighted by atomic mass is 9.89. The second-order valence-corrected chi connectivity index (χ2v) is 8.23. The van der Waals surface area contributed by atoms with Crippen molar-refractivity contribution < 1.29 is 35.8 Å². The van der Waals surface area contributed by atoms with Gasteiger partial charge in [-0.05, 0) is 67.5 Å². The van der Waals surface area contributed by atoms with Crippen LogP contribution in [0.25, 0.3) is 0 Å². The first-order valence-corrected chi connectivity index (χ1v) is 10.0. The van der Waals surface area contributed by atoms with E-state index in [1.54, 1.807) is 18.2 Å². The van der Waals surface area contributed by atoms with Crippen molar-refractivity contribution in [3.8, 4) is 6.07 Å². The summed E-state index contributed by atoms with van der Waals surface area (Å²) in [5.41, 5.74) is -1.88. The molecule has 178 valence electrons. The van der Waals surface area contributed by atoms with Gasteiger partial charge < -0.3 is 14.4 Å². The van der Waals surface area contributed by atoms with Crippen LogP contribution in [0.5, 0.6) is 0 Å². The number of hydrogen-bond acceptors (Lipinski definition) is 4. The maximum atomic E-state index is 13.1. The largest absolute Gasteiger partial charge is 0.416 e. The highest BCUT2D eigenvalue weighted by Crippen LogP contribution is 2.41. The molecule has 1 aliphatic heterocycles. The van der Waals surface area contributed by atoms with E-state index in [0.717, 1.165) is 11.1 Å². The van der Waals surface area contributed by atoms with Gasteiger partial charge in [-0.3, -0.25) is 0 Å². The first kappa shape index (κ1) is 25.0. The van der Waals surface area contributed by atoms with Gasteiger partial charge in [0, 0.05) is 6.54 Å². The van der Waals surface area contributed by atoms with Crippen LogP contribution in [0.1, 0.15) is 39.8 Å². The molecule has 0 aromatic heterocycles. The number of halogens is 6. The monoisotopic (exact) mass is 472 g/mol. The molecule has 1 unspecified atom stereocenters. The van der Waals surface area contributed by atoms with Gasteiger partial charge in [0.25, 0.3) is 0 Å². The summed E-state index contributed by atoms with van der Waals surface area (Å²) >= 11 is 0. The summed E-state index contributed by atoms with van der Waals surface area (Å²) in [4.78, 5) is 1.93. The summed E-state index contributed by atoms with van der Waals surface area (Å²) < 4.78 is 90.4. The third-order valence-corrected chi connectivity index (χ3v) is 5.44. The van der Waals surface area contributed by atoms with Crippen LogP contribution in [-0.2, 0) is 40.6 Å². The zero-order valence-electron chi connectivity index (χ0n) is 18.0. The number of hydrogen-bond donors (Lipinski definition) is 0. The maximum absolute atomic E-state index is 13.1. The quantitative estimate of drug-likeness (QED) is 0.500. The molecular weight excluding hydrogens is 450 g/mol. The molecule has 0 aliphatic carbocycles. The number of nitrogens with zero attached hydrogens (tertiary/aromatic N) is 2. The van der Waals surface area contributed by atoms with Crippen molar-refractivity contribution in [3.05, 3.63) is 69.8 Å². The Bertz CT molecular complexity index is 1010. The number of fused-ring (bicyclic) bond motifs is 1. The van der Waals surface area contributed by atoms with Crippen LogP contribution in [0, 0.1) is 11.3 Å². The van der Waals surface area contributed by atoms with Crippen LogP contribution >= 0.6 is 0 Å². The third-order valence-electron chi connectivity index (χ3n) is 5.44. The van der Waals surface area contributed by atoms with Gasteiger partial charge in [0.2, 0.25) is 0 Å². The van der Waals surface area contributed by atoms with E-state index in [0.29, 0.717) is 30.7 Å². The van der Waals surface area contributed by atoms with Gasteiger partial charge in [-0.1, -0.05) is 6.07 Å². The van der Waals surface area contributed by atoms with E-state index in [-0.39, 0.29) is 24.8 Å². The summed E-state index contributed by atoms with van der Waals surface area (Å²) in [7, 11) is 3.73. The fraction of sp³-hybridized carbons (Fsp3) is 0.435. The zero-order valence-corrected chi connectivity index (χ0v) is 18.0. The van der Waals surface area contributed by atoms with Crippen LogP contribution in [0.2, 0.25) is 0 Å². The smallest absolute Gasteiger partial charge is 0.373 e. The molecular formula is C23H22F6N2O2. The molecule has 0 radical (unpaired) electrons. The minimum atomic E-state index is -4.92. The normalized spacial score (nSPS) is 18.4. The SMILES string of the molecule is CN(C)CCC1(COCc2cc(C(F)(F)F)cc(C(F)(F)F)c2)OCc2cc(C#N)ccc21. The van der Waals surface area contributed by atoms with Crippen molar-refractivity contribution in [2.24, 2.45) is 0 Å². The van der Waals surface area contributed by atoms with Crippen LogP contribution < -0.4 is 0 Å². The predicted molar refractivity (Wildman–Crippen MR) is 107 cm³/mol. The molecule has 3 rings (SSSR count). The molecule has 10 heteroatoms. The predicted octanol–water partition coefficient (Wildman–Crippen LogP) is 5.49. The summed E-state index contributed by atoms with van der Waals surface area (Å²) in [5.74, 6) is 0. The van der Waals surface area contributed by atoms with E-state index >= 15 is 0 Å². The number of alkyl halides is 6. The van der Waals surface area contributed by atoms with E-state index in [9.17, 15) is 26.3 Å². The molecule has 4 nitrogen and oxygen atoms in total. The van der Waals surface area contributed by atoms with Crippen molar-refractivity contribution in [3.63, 3.8) is 0 Å². The standard InChI is InChI=1S/C23H22F6N2O2/c1-31(2)6-5-21(20-4-3-15(11-30)7-17(20)13-33-21)14-32-12-16-8-18(22(24,25)26)10-19(9-16)23(27,28)29/h3-4,7-10H,5-6,12-14H2,1-2H3. The van der Waals surface area contributed by atoms with E-state index in [4.69, 9.17) is 14.7 Å². The van der Waals surface area contributed by atoms with Crippen LogP contribution in [0.4, 0.5) is 26.3 Å². The molecule has 0 amide bonds. The third kappa shape index (κ3) is 5.85. The minimum Gasteiger partial charge on any atom is -0.373 e. The Hall–Kier alpha value is -2.61. The Morgan fingerprint density at radius 3 is 2.21 bits per heavy atom. The molecule has 2 aromatic rings. The van der Waals surface area contributed by atoms with Crippen molar-refractivity contribution in [1.29, 1.82) is 5.26 Å². The van der Waals surface area contributed by atoms with Crippen molar-refractivity contribution in [2.45, 2.75) is 37.6 Å². The molecule has 0 bridgehead atoms. The van der Waals surface area contributed by atoms with Gasteiger partial charge in [0.1, 0.15) is 5.60 Å². The highest BCUT2D eigenvalue weighted by Gasteiger charge is 2.41. The zero-order chi connectivity index (χ0) is 24.4. The number of nitriles is 1. The molecule has 0 saturated heterocycles. The Labute approximate surface area is 187 Å². The van der Waals surface area contributed by atoms with E-state index in [1.165, 1.54) is 0 Å². The first-order valence-electron chi connectivity index (χ1n) is 10.0. The second kappa shape index (κ2) is 9.33. The van der Waals surface area contributed by atoms with Crippen molar-refractivity contribution in [2.75, 3.05) is 27.2 Å². The Kier molecular flexibility index (Phi) is 7.07. The molecule has 0 fully saturated rings. The van der Waals surface area contributed by atoms with Crippen LogP contribution in [0.3, 0.4) is 0 Å². The number of ether oxygens (including phenoxy) is 2. The van der Waals surface area contributed by atoms with Gasteiger partial charge in [-0.15, -0.1) is 0 Å². The summed E-state index contributed by atoms with van der Waals surface area (Å²) in [6.45, 7) is 0.303. The maximum Gasteiger partial charge on any atom is 0.416 e. The topological polar surface area (TPSA) is 45.5 Å². The lowest BCUT2D eigenvalue weighted by Gasteiger charge is -2.31. The second-order valence-electron chi connectivity index (χ2n) is 8.23. The minimum absolute atomic E-state index is 0.0721. The van der Waals surface area contributed by atoms with Gasteiger partial charge in [0.05, 0.1) is 42.6 Å². The number of rotatable bonds is 7. The van der Waals surface area contributed by atoms with Crippen molar-refractivity contribution >= 4 is 0 Å².